The maximum Gasteiger partial charge on any atom is 0.352 e. The van der Waals surface area contributed by atoms with Gasteiger partial charge in [0.15, 0.2) is 10.3 Å². The zero-order valence-corrected chi connectivity index (χ0v) is 30.5. The number of nitrogens with two attached hydrogens (primary N) is 2. The third-order valence-electron chi connectivity index (χ3n) is 7.75. The first kappa shape index (κ1) is 39.5. The maximum absolute atomic E-state index is 12.6. The highest BCUT2D eigenvalue weighted by Crippen LogP contribution is 2.39. The number of nitrogens with zero attached hydrogens (tertiary/aromatic N) is 4. The number of carboxylic acid groups (broad SMARTS) is 4. The largest absolute Gasteiger partial charge is 0.481 e. The highest BCUT2D eigenvalue weighted by Gasteiger charge is 2.54. The van der Waals surface area contributed by atoms with E-state index in [2.05, 4.69) is 20.6 Å². The molecule has 10 N–H and O–H groups in total. The third kappa shape index (κ3) is 8.40. The van der Waals surface area contributed by atoms with Gasteiger partial charge in [-0.25, -0.2) is 19.6 Å². The highest BCUT2D eigenvalue weighted by atomic mass is 32.2. The summed E-state index contributed by atoms with van der Waals surface area (Å²) in [5.41, 5.74) is 11.3. The number of carboxylic acids is 4. The smallest absolute Gasteiger partial charge is 0.352 e. The van der Waals surface area contributed by atoms with Crippen molar-refractivity contribution in [3.63, 3.8) is 0 Å². The van der Waals surface area contributed by atoms with Crippen LogP contribution in [0, 0.1) is 0 Å². The number of thiazole rings is 2. The Kier molecular flexibility index (Phi) is 12.1. The number of nitrogen functional groups attached to an aromatic ring is 2. The number of anilines is 2. The normalized spacial score (nSPS) is 21.8. The number of amides is 4. The van der Waals surface area contributed by atoms with Crippen LogP contribution in [0.1, 0.15) is 24.2 Å². The first-order valence-corrected chi connectivity index (χ1v) is 19.1. The molecule has 2 aromatic rings. The summed E-state index contributed by atoms with van der Waals surface area (Å²) in [5, 5.41) is 43.6. The zero-order valence-electron chi connectivity index (χ0n) is 27.2. The number of rotatable bonds is 12. The number of thioether (sulfide) groups is 2. The van der Waals surface area contributed by atoms with Gasteiger partial charge in [-0.2, -0.15) is 0 Å². The summed E-state index contributed by atoms with van der Waals surface area (Å²) in [4.78, 5) is 104. The average molecular weight is 821 g/mol. The summed E-state index contributed by atoms with van der Waals surface area (Å²) < 4.78 is 0. The van der Waals surface area contributed by atoms with Crippen molar-refractivity contribution in [1.29, 1.82) is 0 Å². The lowest BCUT2D eigenvalue weighted by atomic mass is 10.0. The number of β-lactam (4-membered cyclic amide) rings is 2. The molecule has 0 saturated carbocycles. The van der Waals surface area contributed by atoms with Crippen molar-refractivity contribution in [2.24, 2.45) is 0 Å². The van der Waals surface area contributed by atoms with Crippen LogP contribution in [0.15, 0.2) is 46.5 Å². The fraction of sp³-hybridized carbons (Fsp3) is 0.267. The van der Waals surface area contributed by atoms with Gasteiger partial charge in [-0.15, -0.1) is 46.2 Å². The number of carbonyl (C=O) groups excluding carboxylic acids is 4. The predicted octanol–water partition coefficient (Wildman–Crippen LogP) is -0.0964. The van der Waals surface area contributed by atoms with Crippen LogP contribution in [0.25, 0.3) is 11.1 Å². The van der Waals surface area contributed by atoms with Gasteiger partial charge in [-0.3, -0.25) is 38.6 Å². The van der Waals surface area contributed by atoms with Crippen LogP contribution in [-0.2, 0) is 38.4 Å². The molecule has 2 aromatic heterocycles. The zero-order chi connectivity index (χ0) is 39.4. The number of aromatic nitrogens is 2. The molecule has 6 rings (SSSR count). The second kappa shape index (κ2) is 16.5. The van der Waals surface area contributed by atoms with Crippen molar-refractivity contribution >= 4 is 115 Å². The van der Waals surface area contributed by atoms with E-state index < -0.39 is 83.2 Å². The van der Waals surface area contributed by atoms with Gasteiger partial charge in [0.2, 0.25) is 0 Å². The van der Waals surface area contributed by atoms with Gasteiger partial charge in [0.25, 0.3) is 23.6 Å². The van der Waals surface area contributed by atoms with Crippen LogP contribution < -0.4 is 22.1 Å². The van der Waals surface area contributed by atoms with Gasteiger partial charge in [-0.05, 0) is 12.2 Å². The fourth-order valence-electron chi connectivity index (χ4n) is 5.34. The van der Waals surface area contributed by atoms with Gasteiger partial charge >= 0.3 is 23.9 Å². The minimum atomic E-state index is -1.21. The standard InChI is InChI=1S/2C15H14N4O6S2/c2*16-15-17-7(5-27-15)6(1-2-9(20)21)11(22)18-10-12(23)19-8(14(24)25)3-4-26-13(10)19/h2*1,3,5,10,13H,2,4H2,(H2,16,17)(H,18,22)(H,20,21)(H,24,25)/b2*6-1-/t2*10-,13-/m11/s1. The first-order valence-electron chi connectivity index (χ1n) is 15.2. The molecule has 54 heavy (non-hydrogen) atoms. The van der Waals surface area contributed by atoms with Crippen molar-refractivity contribution in [1.82, 2.24) is 30.4 Å². The Morgan fingerprint density at radius 2 is 1.07 bits per heavy atom. The number of hydrogen-bond donors (Lipinski definition) is 8. The lowest BCUT2D eigenvalue weighted by Gasteiger charge is -2.48. The molecule has 0 aromatic carbocycles. The molecular formula is C30H28N8O12S4. The Balaban J connectivity index is 0.000000208. The SMILES string of the molecule is Nc1nc(/C(=C/CC(=O)O)C(=O)N[C@@H]2C(=O)N3C(C(=O)O)=CCS[C@H]23)cs1.Nc1nc(/C(=C/CC(=O)O)C(=O)N[C@@H]2C(=O)N3C(C(=O)O)=CCS[C@H]23)cs1. The maximum atomic E-state index is 12.6. The van der Waals surface area contributed by atoms with Crippen LogP contribution in [0.2, 0.25) is 0 Å². The van der Waals surface area contributed by atoms with Crippen molar-refractivity contribution in [2.45, 2.75) is 35.7 Å². The Morgan fingerprint density at radius 3 is 1.37 bits per heavy atom. The van der Waals surface area contributed by atoms with E-state index in [9.17, 15) is 38.4 Å². The van der Waals surface area contributed by atoms with Crippen LogP contribution in [0.4, 0.5) is 10.3 Å². The Labute approximate surface area is 319 Å². The average Bonchev–Trinajstić information content (AvgIpc) is 3.76. The Bertz CT molecular complexity index is 1930. The summed E-state index contributed by atoms with van der Waals surface area (Å²) in [6.45, 7) is 0. The molecule has 4 amide bonds. The molecule has 0 unspecified atom stereocenters. The van der Waals surface area contributed by atoms with E-state index in [0.717, 1.165) is 32.5 Å². The lowest BCUT2D eigenvalue weighted by molar-refractivity contribution is -0.150. The van der Waals surface area contributed by atoms with Gasteiger partial charge in [0.1, 0.15) is 34.2 Å². The monoisotopic (exact) mass is 820 g/mol. The highest BCUT2D eigenvalue weighted by molar-refractivity contribution is 8.00. The van der Waals surface area contributed by atoms with E-state index in [0.29, 0.717) is 11.5 Å². The molecule has 2 saturated heterocycles. The second-order valence-electron chi connectivity index (χ2n) is 11.1. The molecule has 0 radical (unpaired) electrons. The minimum Gasteiger partial charge on any atom is -0.481 e. The summed E-state index contributed by atoms with van der Waals surface area (Å²) in [6.07, 6.45) is 4.46. The Morgan fingerprint density at radius 1 is 0.704 bits per heavy atom. The summed E-state index contributed by atoms with van der Waals surface area (Å²) in [7, 11) is 0. The quantitative estimate of drug-likeness (QED) is 0.102. The number of carbonyl (C=O) groups is 8. The molecule has 24 heteroatoms. The van der Waals surface area contributed by atoms with Crippen molar-refractivity contribution in [3.05, 3.63) is 57.8 Å². The van der Waals surface area contributed by atoms with E-state index in [4.69, 9.17) is 31.9 Å². The van der Waals surface area contributed by atoms with Gasteiger partial charge in [0, 0.05) is 22.3 Å². The third-order valence-corrected chi connectivity index (χ3v) is 11.5. The number of aliphatic carboxylic acids is 4. The minimum absolute atomic E-state index is 0.00795. The van der Waals surface area contributed by atoms with Gasteiger partial charge in [0.05, 0.1) is 35.4 Å². The fourth-order valence-corrected chi connectivity index (χ4v) is 8.86. The second-order valence-corrected chi connectivity index (χ2v) is 15.2. The van der Waals surface area contributed by atoms with E-state index in [1.165, 1.54) is 58.6 Å². The molecule has 0 aliphatic carbocycles. The molecule has 6 heterocycles. The van der Waals surface area contributed by atoms with Crippen molar-refractivity contribution in [2.75, 3.05) is 23.0 Å². The molecule has 284 valence electrons. The topological polar surface area (TPSA) is 326 Å². The molecule has 0 bridgehead atoms. The van der Waals surface area contributed by atoms with Crippen molar-refractivity contribution in [3.8, 4) is 0 Å². The molecule has 2 fully saturated rings. The molecule has 20 nitrogen and oxygen atoms in total. The first-order chi connectivity index (χ1) is 25.6. The molecule has 0 spiro atoms. The van der Waals surface area contributed by atoms with Crippen LogP contribution >= 0.6 is 46.2 Å². The number of nitrogens with one attached hydrogen (secondary N) is 2. The van der Waals surface area contributed by atoms with Crippen LogP contribution in [0.3, 0.4) is 0 Å². The molecule has 4 aliphatic rings. The van der Waals surface area contributed by atoms with Crippen LogP contribution in [0.5, 0.6) is 0 Å². The van der Waals surface area contributed by atoms with E-state index >= 15 is 0 Å². The van der Waals surface area contributed by atoms with Crippen LogP contribution in [-0.4, -0.2) is 122 Å². The number of hydrogen-bond acceptors (Lipinski definition) is 16. The van der Waals surface area contributed by atoms with Gasteiger partial charge < -0.3 is 42.5 Å². The lowest BCUT2D eigenvalue weighted by Crippen LogP contribution is -2.70. The van der Waals surface area contributed by atoms with E-state index in [-0.39, 0.29) is 44.2 Å². The Hall–Kier alpha value is -5.72. The summed E-state index contributed by atoms with van der Waals surface area (Å²) in [6, 6.07) is -1.82. The van der Waals surface area contributed by atoms with E-state index in [1.807, 2.05) is 0 Å². The predicted molar refractivity (Wildman–Crippen MR) is 195 cm³/mol. The number of fused-ring (bicyclic) bond motifs is 2. The summed E-state index contributed by atoms with van der Waals surface area (Å²) in [5.74, 6) is -6.31. The van der Waals surface area contributed by atoms with Gasteiger partial charge in [-0.1, -0.05) is 12.2 Å². The van der Waals surface area contributed by atoms with Crippen molar-refractivity contribution < 1.29 is 58.8 Å². The molecular weight excluding hydrogens is 793 g/mol. The van der Waals surface area contributed by atoms with E-state index in [1.54, 1.807) is 0 Å². The summed E-state index contributed by atoms with van der Waals surface area (Å²) >= 11 is 4.83. The molecule has 4 aliphatic heterocycles. The molecule has 4 atom stereocenters.